The van der Waals surface area contributed by atoms with Gasteiger partial charge in [-0.05, 0) is 13.6 Å². The van der Waals surface area contributed by atoms with Crippen molar-refractivity contribution in [2.75, 3.05) is 63.2 Å². The van der Waals surface area contributed by atoms with Crippen LogP contribution in [-0.4, -0.2) is 67.9 Å². The van der Waals surface area contributed by atoms with Gasteiger partial charge in [-0.25, -0.2) is 9.97 Å². The Morgan fingerprint density at radius 1 is 1.37 bits per heavy atom. The van der Waals surface area contributed by atoms with Gasteiger partial charge < -0.3 is 19.9 Å². The second-order valence-corrected chi connectivity index (χ2v) is 4.68. The van der Waals surface area contributed by atoms with Crippen molar-refractivity contribution < 1.29 is 4.74 Å². The van der Waals surface area contributed by atoms with Gasteiger partial charge in [0, 0.05) is 32.2 Å². The molecule has 0 bridgehead atoms. The van der Waals surface area contributed by atoms with Crippen molar-refractivity contribution in [3.05, 3.63) is 12.4 Å². The van der Waals surface area contributed by atoms with Crippen LogP contribution in [0.25, 0.3) is 0 Å². The van der Waals surface area contributed by atoms with E-state index in [0.29, 0.717) is 0 Å². The van der Waals surface area contributed by atoms with Gasteiger partial charge in [0.25, 0.3) is 0 Å². The van der Waals surface area contributed by atoms with E-state index in [1.54, 1.807) is 6.33 Å². The van der Waals surface area contributed by atoms with Crippen molar-refractivity contribution in [2.24, 2.45) is 0 Å². The summed E-state index contributed by atoms with van der Waals surface area (Å²) in [6.07, 6.45) is 1.62. The first-order valence-electron chi connectivity index (χ1n) is 6.86. The fourth-order valence-electron chi connectivity index (χ4n) is 1.94. The van der Waals surface area contributed by atoms with Crippen LogP contribution in [0.1, 0.15) is 6.92 Å². The smallest absolute Gasteiger partial charge is 0.134 e. The molecule has 19 heavy (non-hydrogen) atoms. The van der Waals surface area contributed by atoms with Crippen LogP contribution in [0.2, 0.25) is 0 Å². The Morgan fingerprint density at radius 2 is 2.16 bits per heavy atom. The van der Waals surface area contributed by atoms with Gasteiger partial charge in [-0.3, -0.25) is 0 Å². The standard InChI is InChI=1S/C13H23N5O/c1-3-17(2)5-4-14-12-10-13(16-11-15-12)18-6-8-19-9-7-18/h10-11H,3-9H2,1-2H3,(H,14,15,16). The number of nitrogens with zero attached hydrogens (tertiary/aromatic N) is 4. The largest absolute Gasteiger partial charge is 0.378 e. The molecular formula is C13H23N5O. The van der Waals surface area contributed by atoms with Gasteiger partial charge in [0.2, 0.25) is 0 Å². The zero-order valence-electron chi connectivity index (χ0n) is 11.8. The molecule has 0 unspecified atom stereocenters. The molecular weight excluding hydrogens is 242 g/mol. The van der Waals surface area contributed by atoms with Gasteiger partial charge in [0.05, 0.1) is 13.2 Å². The number of likely N-dealkylation sites (N-methyl/N-ethyl adjacent to an activating group) is 1. The number of nitrogens with one attached hydrogen (secondary N) is 1. The predicted molar refractivity (Wildman–Crippen MR) is 76.7 cm³/mol. The summed E-state index contributed by atoms with van der Waals surface area (Å²) in [5.41, 5.74) is 0. The van der Waals surface area contributed by atoms with Crippen molar-refractivity contribution in [2.45, 2.75) is 6.92 Å². The zero-order chi connectivity index (χ0) is 13.5. The van der Waals surface area contributed by atoms with Gasteiger partial charge in [0.15, 0.2) is 0 Å². The number of aromatic nitrogens is 2. The van der Waals surface area contributed by atoms with Crippen LogP contribution < -0.4 is 10.2 Å². The van der Waals surface area contributed by atoms with Crippen molar-refractivity contribution in [3.63, 3.8) is 0 Å². The number of hydrogen-bond acceptors (Lipinski definition) is 6. The van der Waals surface area contributed by atoms with E-state index in [4.69, 9.17) is 4.74 Å². The Kier molecular flexibility index (Phi) is 5.35. The monoisotopic (exact) mass is 265 g/mol. The quantitative estimate of drug-likeness (QED) is 0.816. The van der Waals surface area contributed by atoms with Gasteiger partial charge in [-0.2, -0.15) is 0 Å². The maximum atomic E-state index is 5.35. The van der Waals surface area contributed by atoms with Crippen LogP contribution in [0.3, 0.4) is 0 Å². The lowest BCUT2D eigenvalue weighted by Crippen LogP contribution is -2.36. The average Bonchev–Trinajstić information content (AvgIpc) is 2.48. The average molecular weight is 265 g/mol. The first-order chi connectivity index (χ1) is 9.29. The number of hydrogen-bond donors (Lipinski definition) is 1. The molecule has 1 saturated heterocycles. The molecule has 0 spiro atoms. The SMILES string of the molecule is CCN(C)CCNc1cc(N2CCOCC2)ncn1. The molecule has 1 aromatic heterocycles. The molecule has 0 aromatic carbocycles. The number of morpholine rings is 1. The second kappa shape index (κ2) is 7.25. The molecule has 6 heteroatoms. The Bertz CT molecular complexity index is 381. The van der Waals surface area contributed by atoms with Crippen molar-refractivity contribution in [1.29, 1.82) is 0 Å². The van der Waals surface area contributed by atoms with Gasteiger partial charge >= 0.3 is 0 Å². The fourth-order valence-corrected chi connectivity index (χ4v) is 1.94. The minimum atomic E-state index is 0.772. The Morgan fingerprint density at radius 3 is 2.89 bits per heavy atom. The number of ether oxygens (including phenoxy) is 1. The van der Waals surface area contributed by atoms with Crippen LogP contribution in [0.4, 0.5) is 11.6 Å². The molecule has 6 nitrogen and oxygen atoms in total. The van der Waals surface area contributed by atoms with Crippen LogP contribution in [0.15, 0.2) is 12.4 Å². The Balaban J connectivity index is 1.87. The molecule has 2 heterocycles. The summed E-state index contributed by atoms with van der Waals surface area (Å²) < 4.78 is 5.35. The van der Waals surface area contributed by atoms with E-state index in [-0.39, 0.29) is 0 Å². The third-order valence-corrected chi connectivity index (χ3v) is 3.33. The van der Waals surface area contributed by atoms with Crippen molar-refractivity contribution >= 4 is 11.6 Å². The van der Waals surface area contributed by atoms with E-state index in [9.17, 15) is 0 Å². The molecule has 1 aromatic rings. The molecule has 0 aliphatic carbocycles. The Hall–Kier alpha value is -1.40. The molecule has 1 fully saturated rings. The lowest BCUT2D eigenvalue weighted by Gasteiger charge is -2.27. The Labute approximate surface area is 114 Å². The third-order valence-electron chi connectivity index (χ3n) is 3.33. The summed E-state index contributed by atoms with van der Waals surface area (Å²) in [4.78, 5) is 13.1. The van der Waals surface area contributed by atoms with E-state index >= 15 is 0 Å². The number of rotatable bonds is 6. The molecule has 1 N–H and O–H groups in total. The summed E-state index contributed by atoms with van der Waals surface area (Å²) in [6.45, 7) is 8.45. The van der Waals surface area contributed by atoms with Crippen LogP contribution in [0, 0.1) is 0 Å². The molecule has 106 valence electrons. The lowest BCUT2D eigenvalue weighted by atomic mass is 10.4. The van der Waals surface area contributed by atoms with Crippen LogP contribution >= 0.6 is 0 Å². The maximum Gasteiger partial charge on any atom is 0.134 e. The van der Waals surface area contributed by atoms with Crippen LogP contribution in [0.5, 0.6) is 0 Å². The van der Waals surface area contributed by atoms with Gasteiger partial charge in [-0.1, -0.05) is 6.92 Å². The number of anilines is 2. The fraction of sp³-hybridized carbons (Fsp3) is 0.692. The van der Waals surface area contributed by atoms with E-state index in [2.05, 4.69) is 39.1 Å². The molecule has 1 aliphatic rings. The zero-order valence-corrected chi connectivity index (χ0v) is 11.8. The van der Waals surface area contributed by atoms with Crippen molar-refractivity contribution in [3.8, 4) is 0 Å². The van der Waals surface area contributed by atoms with E-state index in [0.717, 1.165) is 57.6 Å². The molecule has 1 aliphatic heterocycles. The summed E-state index contributed by atoms with van der Waals surface area (Å²) >= 11 is 0. The second-order valence-electron chi connectivity index (χ2n) is 4.68. The highest BCUT2D eigenvalue weighted by Crippen LogP contribution is 2.15. The van der Waals surface area contributed by atoms with E-state index in [1.165, 1.54) is 0 Å². The molecule has 0 radical (unpaired) electrons. The van der Waals surface area contributed by atoms with E-state index in [1.807, 2.05) is 6.07 Å². The summed E-state index contributed by atoms with van der Waals surface area (Å²) in [5, 5.41) is 3.34. The van der Waals surface area contributed by atoms with Gasteiger partial charge in [0.1, 0.15) is 18.0 Å². The third kappa shape index (κ3) is 4.33. The maximum absolute atomic E-state index is 5.35. The highest BCUT2D eigenvalue weighted by atomic mass is 16.5. The lowest BCUT2D eigenvalue weighted by molar-refractivity contribution is 0.122. The molecule has 0 saturated carbocycles. The van der Waals surface area contributed by atoms with Gasteiger partial charge in [-0.15, -0.1) is 0 Å². The highest BCUT2D eigenvalue weighted by molar-refractivity contribution is 5.48. The minimum Gasteiger partial charge on any atom is -0.378 e. The topological polar surface area (TPSA) is 53.5 Å². The first kappa shape index (κ1) is 14.0. The molecule has 0 atom stereocenters. The molecule has 0 amide bonds. The normalized spacial score (nSPS) is 15.8. The summed E-state index contributed by atoms with van der Waals surface area (Å²) in [6, 6.07) is 2.01. The summed E-state index contributed by atoms with van der Waals surface area (Å²) in [5.74, 6) is 1.87. The predicted octanol–water partition coefficient (Wildman–Crippen LogP) is 0.677. The minimum absolute atomic E-state index is 0.772. The van der Waals surface area contributed by atoms with Crippen molar-refractivity contribution in [1.82, 2.24) is 14.9 Å². The van der Waals surface area contributed by atoms with E-state index < -0.39 is 0 Å². The first-order valence-corrected chi connectivity index (χ1v) is 6.86. The highest BCUT2D eigenvalue weighted by Gasteiger charge is 2.12. The molecule has 2 rings (SSSR count). The van der Waals surface area contributed by atoms with Crippen LogP contribution in [-0.2, 0) is 4.74 Å². The summed E-state index contributed by atoms with van der Waals surface area (Å²) in [7, 11) is 2.11.